The van der Waals surface area contributed by atoms with E-state index in [1.807, 2.05) is 6.92 Å². The lowest BCUT2D eigenvalue weighted by Crippen LogP contribution is -2.48. The highest BCUT2D eigenvalue weighted by molar-refractivity contribution is 7.89. The molecule has 0 spiro atoms. The number of aryl methyl sites for hydroxylation is 3. The van der Waals surface area contributed by atoms with E-state index in [0.29, 0.717) is 44.1 Å². The monoisotopic (exact) mass is 416 g/mol. The van der Waals surface area contributed by atoms with Crippen LogP contribution < -0.4 is 4.90 Å². The lowest BCUT2D eigenvalue weighted by atomic mass is 10.1. The molecule has 4 rings (SSSR count). The highest BCUT2D eigenvalue weighted by Gasteiger charge is 2.32. The van der Waals surface area contributed by atoms with Crippen molar-refractivity contribution in [2.45, 2.75) is 32.3 Å². The maximum atomic E-state index is 13.0. The van der Waals surface area contributed by atoms with E-state index < -0.39 is 10.0 Å². The number of benzene rings is 1. The largest absolute Gasteiger partial charge is 0.451 e. The van der Waals surface area contributed by atoms with Gasteiger partial charge in [0.2, 0.25) is 11.0 Å². The lowest BCUT2D eigenvalue weighted by molar-refractivity contribution is 0.361. The summed E-state index contributed by atoms with van der Waals surface area (Å²) in [4.78, 5) is 2.23. The third-order valence-corrected chi connectivity index (χ3v) is 6.90. The lowest BCUT2D eigenvalue weighted by Gasteiger charge is -2.35. The number of furan rings is 1. The van der Waals surface area contributed by atoms with Crippen molar-refractivity contribution in [1.82, 2.24) is 14.5 Å². The average Bonchev–Trinajstić information content (AvgIpc) is 3.39. The average molecular weight is 417 g/mol. The molecule has 0 amide bonds. The van der Waals surface area contributed by atoms with E-state index in [1.54, 1.807) is 0 Å². The topological polar surface area (TPSA) is 92.7 Å². The van der Waals surface area contributed by atoms with Gasteiger partial charge < -0.3 is 13.7 Å². The van der Waals surface area contributed by atoms with E-state index in [-0.39, 0.29) is 11.0 Å². The van der Waals surface area contributed by atoms with Gasteiger partial charge in [-0.1, -0.05) is 19.1 Å². The van der Waals surface area contributed by atoms with Crippen molar-refractivity contribution in [2.24, 2.45) is 0 Å². The molecule has 154 valence electrons. The number of aromatic nitrogens is 2. The maximum Gasteiger partial charge on any atom is 0.276 e. The predicted octanol–water partition coefficient (Wildman–Crippen LogP) is 3.02. The Bertz CT molecular complexity index is 1110. The van der Waals surface area contributed by atoms with Crippen molar-refractivity contribution in [3.63, 3.8) is 0 Å². The van der Waals surface area contributed by atoms with Crippen molar-refractivity contribution >= 4 is 15.7 Å². The first-order valence-electron chi connectivity index (χ1n) is 9.62. The molecule has 8 nitrogen and oxygen atoms in total. The van der Waals surface area contributed by atoms with Crippen molar-refractivity contribution in [3.05, 3.63) is 47.5 Å². The molecule has 1 aliphatic rings. The number of hydrogen-bond donors (Lipinski definition) is 0. The normalized spacial score (nSPS) is 15.8. The van der Waals surface area contributed by atoms with Crippen LogP contribution in [-0.4, -0.2) is 49.1 Å². The van der Waals surface area contributed by atoms with Gasteiger partial charge in [0.1, 0.15) is 6.26 Å². The number of piperazine rings is 1. The van der Waals surface area contributed by atoms with Gasteiger partial charge in [0.25, 0.3) is 15.9 Å². The third kappa shape index (κ3) is 3.79. The number of anilines is 1. The van der Waals surface area contributed by atoms with Gasteiger partial charge in [-0.25, -0.2) is 8.42 Å². The zero-order valence-electron chi connectivity index (χ0n) is 16.8. The van der Waals surface area contributed by atoms with Crippen LogP contribution in [0.1, 0.15) is 23.9 Å². The van der Waals surface area contributed by atoms with Crippen LogP contribution in [0.25, 0.3) is 11.5 Å². The molecule has 3 aromatic rings. The molecule has 2 aromatic heterocycles. The highest BCUT2D eigenvalue weighted by Crippen LogP contribution is 2.28. The molecule has 0 radical (unpaired) electrons. The van der Waals surface area contributed by atoms with Crippen molar-refractivity contribution in [2.75, 3.05) is 31.1 Å². The summed E-state index contributed by atoms with van der Waals surface area (Å²) in [7, 11) is -3.72. The molecular formula is C20H24N4O4S. The molecule has 3 heterocycles. The fraction of sp³-hybridized carbons (Fsp3) is 0.400. The molecule has 0 N–H and O–H groups in total. The van der Waals surface area contributed by atoms with E-state index in [4.69, 9.17) is 8.83 Å². The highest BCUT2D eigenvalue weighted by atomic mass is 32.2. The Kier molecular flexibility index (Phi) is 5.18. The van der Waals surface area contributed by atoms with Gasteiger partial charge in [-0.05, 0) is 31.0 Å². The van der Waals surface area contributed by atoms with Gasteiger partial charge in [0, 0.05) is 44.4 Å². The van der Waals surface area contributed by atoms with Gasteiger partial charge in [0.05, 0.1) is 5.56 Å². The number of rotatable bonds is 5. The predicted molar refractivity (Wildman–Crippen MR) is 108 cm³/mol. The minimum Gasteiger partial charge on any atom is -0.451 e. The Morgan fingerprint density at radius 1 is 1.07 bits per heavy atom. The second-order valence-electron chi connectivity index (χ2n) is 7.19. The van der Waals surface area contributed by atoms with Crippen LogP contribution in [-0.2, 0) is 16.4 Å². The quantitative estimate of drug-likeness (QED) is 0.631. The first-order chi connectivity index (χ1) is 13.9. The van der Waals surface area contributed by atoms with E-state index in [9.17, 15) is 8.42 Å². The first kappa shape index (κ1) is 19.7. The van der Waals surface area contributed by atoms with Crippen LogP contribution >= 0.6 is 0 Å². The Morgan fingerprint density at radius 3 is 2.52 bits per heavy atom. The molecule has 0 aliphatic carbocycles. The smallest absolute Gasteiger partial charge is 0.276 e. The van der Waals surface area contributed by atoms with Gasteiger partial charge in [-0.2, -0.15) is 4.31 Å². The number of nitrogens with zero attached hydrogens (tertiary/aromatic N) is 4. The van der Waals surface area contributed by atoms with Gasteiger partial charge in [-0.15, -0.1) is 10.2 Å². The summed E-state index contributed by atoms with van der Waals surface area (Å²) in [6.07, 6.45) is 1.95. The summed E-state index contributed by atoms with van der Waals surface area (Å²) in [5.41, 5.74) is 4.00. The Labute approximate surface area is 170 Å². The molecule has 1 saturated heterocycles. The number of sulfonamides is 1. The molecular weight excluding hydrogens is 392 g/mol. The summed E-state index contributed by atoms with van der Waals surface area (Å²) in [6, 6.07) is 7.77. The summed E-state index contributed by atoms with van der Waals surface area (Å²) in [5, 5.41) is 7.72. The standard InChI is InChI=1S/C20H24N4O4S/c1-4-18-21-22-20(28-18)16-12-19(27-13-16)29(25,26)24-9-7-23(8-10-24)17-11-14(2)5-6-15(17)3/h5-6,11-13H,4,7-10H2,1-3H3. The van der Waals surface area contributed by atoms with E-state index in [0.717, 1.165) is 5.69 Å². The molecule has 0 saturated carbocycles. The molecule has 0 atom stereocenters. The molecule has 1 aliphatic heterocycles. The Balaban J connectivity index is 1.48. The summed E-state index contributed by atoms with van der Waals surface area (Å²) in [5.74, 6) is 0.750. The first-order valence-corrected chi connectivity index (χ1v) is 11.1. The van der Waals surface area contributed by atoms with Crippen LogP contribution in [0.4, 0.5) is 5.69 Å². The van der Waals surface area contributed by atoms with Crippen LogP contribution in [0.5, 0.6) is 0 Å². The molecule has 0 bridgehead atoms. The van der Waals surface area contributed by atoms with Gasteiger partial charge in [-0.3, -0.25) is 0 Å². The SMILES string of the molecule is CCc1nnc(-c2coc(S(=O)(=O)N3CCN(c4cc(C)ccc4C)CC3)c2)o1. The fourth-order valence-corrected chi connectivity index (χ4v) is 4.78. The zero-order valence-corrected chi connectivity index (χ0v) is 17.6. The summed E-state index contributed by atoms with van der Waals surface area (Å²) < 4.78 is 38.3. The zero-order chi connectivity index (χ0) is 20.6. The Morgan fingerprint density at radius 2 is 1.83 bits per heavy atom. The van der Waals surface area contributed by atoms with Crippen molar-refractivity contribution in [1.29, 1.82) is 0 Å². The van der Waals surface area contributed by atoms with Gasteiger partial charge in [0.15, 0.2) is 0 Å². The molecule has 1 aromatic carbocycles. The van der Waals surface area contributed by atoms with E-state index in [2.05, 4.69) is 47.1 Å². The van der Waals surface area contributed by atoms with Crippen molar-refractivity contribution in [3.8, 4) is 11.5 Å². The van der Waals surface area contributed by atoms with Gasteiger partial charge >= 0.3 is 0 Å². The summed E-state index contributed by atoms with van der Waals surface area (Å²) in [6.45, 7) is 8.08. The van der Waals surface area contributed by atoms with E-state index in [1.165, 1.54) is 27.8 Å². The van der Waals surface area contributed by atoms with Crippen LogP contribution in [0.3, 0.4) is 0 Å². The number of hydrogen-bond acceptors (Lipinski definition) is 7. The fourth-order valence-electron chi connectivity index (χ4n) is 3.43. The second kappa shape index (κ2) is 7.64. The molecule has 0 unspecified atom stereocenters. The molecule has 9 heteroatoms. The Hall–Kier alpha value is -2.65. The van der Waals surface area contributed by atoms with Crippen LogP contribution in [0, 0.1) is 13.8 Å². The van der Waals surface area contributed by atoms with Crippen LogP contribution in [0.2, 0.25) is 0 Å². The minimum absolute atomic E-state index is 0.107. The molecule has 29 heavy (non-hydrogen) atoms. The third-order valence-electron chi connectivity index (χ3n) is 5.13. The maximum absolute atomic E-state index is 13.0. The minimum atomic E-state index is -3.72. The molecule has 1 fully saturated rings. The second-order valence-corrected chi connectivity index (χ2v) is 9.06. The van der Waals surface area contributed by atoms with E-state index >= 15 is 0 Å². The van der Waals surface area contributed by atoms with Crippen LogP contribution in [0.15, 0.2) is 44.5 Å². The summed E-state index contributed by atoms with van der Waals surface area (Å²) >= 11 is 0. The van der Waals surface area contributed by atoms with Crippen molar-refractivity contribution < 1.29 is 17.3 Å².